The Hall–Kier alpha value is -1.26. The maximum atomic E-state index is 6.42. The zero-order valence-electron chi connectivity index (χ0n) is 11.4. The quantitative estimate of drug-likeness (QED) is 0.904. The summed E-state index contributed by atoms with van der Waals surface area (Å²) in [7, 11) is 1.68. The summed E-state index contributed by atoms with van der Waals surface area (Å²) in [5.41, 5.74) is 7.25. The monoisotopic (exact) mass is 263 g/mol. The molecule has 1 saturated carbocycles. The summed E-state index contributed by atoms with van der Waals surface area (Å²) in [5, 5.41) is 0. The Bertz CT molecular complexity index is 451. The first kappa shape index (κ1) is 12.8. The van der Waals surface area contributed by atoms with Crippen LogP contribution in [0.15, 0.2) is 18.2 Å². The molecule has 0 aromatic heterocycles. The fraction of sp³-hybridized carbons (Fsp3) is 0.600. The van der Waals surface area contributed by atoms with E-state index in [4.69, 9.17) is 19.9 Å². The first-order valence-corrected chi connectivity index (χ1v) is 6.94. The molecule has 4 heteroatoms. The Morgan fingerprint density at radius 3 is 2.79 bits per heavy atom. The number of nitrogens with two attached hydrogens (primary N) is 1. The fourth-order valence-corrected chi connectivity index (χ4v) is 2.82. The molecule has 1 aromatic carbocycles. The largest absolute Gasteiger partial charge is 0.493 e. The molecule has 1 heterocycles. The summed E-state index contributed by atoms with van der Waals surface area (Å²) in [4.78, 5) is 0. The van der Waals surface area contributed by atoms with E-state index in [1.54, 1.807) is 7.11 Å². The molecule has 1 atom stereocenters. The molecule has 19 heavy (non-hydrogen) atoms. The van der Waals surface area contributed by atoms with Crippen molar-refractivity contribution in [2.24, 2.45) is 5.73 Å². The van der Waals surface area contributed by atoms with E-state index in [0.717, 1.165) is 42.9 Å². The van der Waals surface area contributed by atoms with Crippen LogP contribution >= 0.6 is 0 Å². The Labute approximate surface area is 113 Å². The lowest BCUT2D eigenvalue weighted by Crippen LogP contribution is -2.43. The van der Waals surface area contributed by atoms with Gasteiger partial charge in [-0.1, -0.05) is 12.1 Å². The summed E-state index contributed by atoms with van der Waals surface area (Å²) in [6, 6.07) is 5.99. The van der Waals surface area contributed by atoms with Crippen LogP contribution in [0.4, 0.5) is 0 Å². The normalized spacial score (nSPS) is 24.8. The fourth-order valence-electron chi connectivity index (χ4n) is 2.82. The van der Waals surface area contributed by atoms with Gasteiger partial charge in [0.15, 0.2) is 11.5 Å². The molecule has 0 bridgehead atoms. The van der Waals surface area contributed by atoms with E-state index < -0.39 is 0 Å². The van der Waals surface area contributed by atoms with E-state index in [9.17, 15) is 0 Å². The third kappa shape index (κ3) is 2.30. The molecule has 1 aliphatic carbocycles. The van der Waals surface area contributed by atoms with Gasteiger partial charge < -0.3 is 19.9 Å². The SMILES string of the molecule is COc1c(OC2CCOC2)cccc1C1(N)CCC1. The second-order valence-corrected chi connectivity index (χ2v) is 5.45. The van der Waals surface area contributed by atoms with E-state index >= 15 is 0 Å². The third-order valence-electron chi connectivity index (χ3n) is 4.15. The van der Waals surface area contributed by atoms with Gasteiger partial charge in [-0.15, -0.1) is 0 Å². The van der Waals surface area contributed by atoms with Crippen molar-refractivity contribution in [3.05, 3.63) is 23.8 Å². The van der Waals surface area contributed by atoms with Crippen LogP contribution in [0.5, 0.6) is 11.5 Å². The zero-order chi connectivity index (χ0) is 13.3. The molecule has 1 saturated heterocycles. The number of hydrogen-bond donors (Lipinski definition) is 1. The highest BCUT2D eigenvalue weighted by Crippen LogP contribution is 2.46. The van der Waals surface area contributed by atoms with Gasteiger partial charge in [0, 0.05) is 17.5 Å². The van der Waals surface area contributed by atoms with Crippen LogP contribution in [-0.4, -0.2) is 26.4 Å². The number of ether oxygens (including phenoxy) is 3. The van der Waals surface area contributed by atoms with E-state index in [1.807, 2.05) is 12.1 Å². The minimum Gasteiger partial charge on any atom is -0.493 e. The molecule has 2 aliphatic rings. The van der Waals surface area contributed by atoms with Gasteiger partial charge in [-0.05, 0) is 25.3 Å². The topological polar surface area (TPSA) is 53.7 Å². The van der Waals surface area contributed by atoms with Gasteiger partial charge in [-0.3, -0.25) is 0 Å². The van der Waals surface area contributed by atoms with Crippen molar-refractivity contribution in [2.45, 2.75) is 37.3 Å². The van der Waals surface area contributed by atoms with Crippen LogP contribution in [0.3, 0.4) is 0 Å². The molecule has 0 amide bonds. The highest BCUT2D eigenvalue weighted by molar-refractivity contribution is 5.50. The van der Waals surface area contributed by atoms with Crippen molar-refractivity contribution in [3.63, 3.8) is 0 Å². The Morgan fingerprint density at radius 1 is 1.37 bits per heavy atom. The van der Waals surface area contributed by atoms with E-state index in [1.165, 1.54) is 6.42 Å². The number of hydrogen-bond acceptors (Lipinski definition) is 4. The first-order valence-electron chi connectivity index (χ1n) is 6.94. The standard InChI is InChI=1S/C15H21NO3/c1-17-14-12(15(16)7-3-8-15)4-2-5-13(14)19-11-6-9-18-10-11/h2,4-5,11H,3,6-10,16H2,1H3. The molecule has 4 nitrogen and oxygen atoms in total. The van der Waals surface area contributed by atoms with Gasteiger partial charge in [0.25, 0.3) is 0 Å². The van der Waals surface area contributed by atoms with Crippen molar-refractivity contribution < 1.29 is 14.2 Å². The Morgan fingerprint density at radius 2 is 2.21 bits per heavy atom. The van der Waals surface area contributed by atoms with Crippen molar-refractivity contribution in [3.8, 4) is 11.5 Å². The number of rotatable bonds is 4. The molecule has 0 spiro atoms. The summed E-state index contributed by atoms with van der Waals surface area (Å²) >= 11 is 0. The van der Waals surface area contributed by atoms with Crippen molar-refractivity contribution in [1.82, 2.24) is 0 Å². The number of benzene rings is 1. The van der Waals surface area contributed by atoms with Crippen LogP contribution in [0.1, 0.15) is 31.2 Å². The highest BCUT2D eigenvalue weighted by atomic mass is 16.6. The van der Waals surface area contributed by atoms with Crippen LogP contribution in [-0.2, 0) is 10.3 Å². The molecule has 2 N–H and O–H groups in total. The smallest absolute Gasteiger partial charge is 0.165 e. The van der Waals surface area contributed by atoms with Gasteiger partial charge >= 0.3 is 0 Å². The minimum atomic E-state index is -0.239. The van der Waals surface area contributed by atoms with E-state index in [-0.39, 0.29) is 11.6 Å². The van der Waals surface area contributed by atoms with Crippen LogP contribution < -0.4 is 15.2 Å². The summed E-state index contributed by atoms with van der Waals surface area (Å²) in [6.45, 7) is 1.43. The molecule has 1 aliphatic heterocycles. The van der Waals surface area contributed by atoms with E-state index in [2.05, 4.69) is 6.07 Å². The Balaban J connectivity index is 1.88. The zero-order valence-corrected chi connectivity index (χ0v) is 11.4. The van der Waals surface area contributed by atoms with Gasteiger partial charge in [0.2, 0.25) is 0 Å². The lowest BCUT2D eigenvalue weighted by molar-refractivity contribution is 0.137. The predicted octanol–water partition coefficient (Wildman–Crippen LogP) is 2.20. The number of methoxy groups -OCH3 is 1. The average molecular weight is 263 g/mol. The maximum Gasteiger partial charge on any atom is 0.165 e. The van der Waals surface area contributed by atoms with Crippen LogP contribution in [0.25, 0.3) is 0 Å². The summed E-state index contributed by atoms with van der Waals surface area (Å²) in [6.07, 6.45) is 4.26. The molecule has 104 valence electrons. The Kier molecular flexibility index (Phi) is 3.37. The number of para-hydroxylation sites is 1. The van der Waals surface area contributed by atoms with Crippen molar-refractivity contribution >= 4 is 0 Å². The lowest BCUT2D eigenvalue weighted by atomic mass is 9.72. The first-order chi connectivity index (χ1) is 9.23. The molecular formula is C15H21NO3. The molecule has 1 unspecified atom stereocenters. The highest BCUT2D eigenvalue weighted by Gasteiger charge is 2.37. The van der Waals surface area contributed by atoms with Gasteiger partial charge in [0.05, 0.1) is 20.3 Å². The minimum absolute atomic E-state index is 0.124. The van der Waals surface area contributed by atoms with E-state index in [0.29, 0.717) is 6.61 Å². The lowest BCUT2D eigenvalue weighted by Gasteiger charge is -2.39. The second kappa shape index (κ2) is 5.02. The second-order valence-electron chi connectivity index (χ2n) is 5.45. The molecule has 1 aromatic rings. The molecular weight excluding hydrogens is 242 g/mol. The van der Waals surface area contributed by atoms with Gasteiger partial charge in [-0.2, -0.15) is 0 Å². The molecule has 3 rings (SSSR count). The third-order valence-corrected chi connectivity index (χ3v) is 4.15. The van der Waals surface area contributed by atoms with Gasteiger partial charge in [0.1, 0.15) is 6.10 Å². The van der Waals surface area contributed by atoms with Crippen LogP contribution in [0, 0.1) is 0 Å². The maximum absolute atomic E-state index is 6.42. The predicted molar refractivity (Wildman–Crippen MR) is 72.6 cm³/mol. The van der Waals surface area contributed by atoms with Crippen LogP contribution in [0.2, 0.25) is 0 Å². The summed E-state index contributed by atoms with van der Waals surface area (Å²) < 4.78 is 16.9. The molecule has 0 radical (unpaired) electrons. The van der Waals surface area contributed by atoms with Crippen molar-refractivity contribution in [2.75, 3.05) is 20.3 Å². The summed E-state index contributed by atoms with van der Waals surface area (Å²) in [5.74, 6) is 1.57. The van der Waals surface area contributed by atoms with Gasteiger partial charge in [-0.25, -0.2) is 0 Å². The molecule has 2 fully saturated rings. The van der Waals surface area contributed by atoms with Crippen molar-refractivity contribution in [1.29, 1.82) is 0 Å². The average Bonchev–Trinajstić information content (AvgIpc) is 2.88.